The Kier molecular flexibility index (Phi) is 6.08. The second-order valence-electron chi connectivity index (χ2n) is 7.77. The average molecular weight is 445 g/mol. The van der Waals surface area contributed by atoms with Crippen molar-refractivity contribution in [3.63, 3.8) is 0 Å². The molecule has 1 aromatic heterocycles. The maximum absolute atomic E-state index is 13.5. The lowest BCUT2D eigenvalue weighted by atomic mass is 10.0. The Morgan fingerprint density at radius 2 is 1.61 bits per heavy atom. The number of nitrogens with zero attached hydrogens (tertiary/aromatic N) is 2. The van der Waals surface area contributed by atoms with E-state index in [4.69, 9.17) is 0 Å². The van der Waals surface area contributed by atoms with Crippen molar-refractivity contribution >= 4 is 23.6 Å². The lowest BCUT2D eigenvalue weighted by Crippen LogP contribution is -2.31. The third kappa shape index (κ3) is 4.03. The van der Waals surface area contributed by atoms with E-state index < -0.39 is 34.9 Å². The number of aromatic nitrogens is 2. The molecular weight excluding hydrogens is 422 g/mol. The van der Waals surface area contributed by atoms with E-state index in [0.29, 0.717) is 17.7 Å². The summed E-state index contributed by atoms with van der Waals surface area (Å²) in [6.45, 7) is 1.93. The van der Waals surface area contributed by atoms with Gasteiger partial charge in [-0.15, -0.1) is 0 Å². The second-order valence-corrected chi connectivity index (χ2v) is 7.77. The molecule has 3 aromatic rings. The molecule has 0 bridgehead atoms. The number of carbonyl (C=O) groups excluding carboxylic acids is 2. The Balaban J connectivity index is 1.87. The molecule has 1 saturated heterocycles. The summed E-state index contributed by atoms with van der Waals surface area (Å²) in [7, 11) is 0. The summed E-state index contributed by atoms with van der Waals surface area (Å²) in [4.78, 5) is 55.0. The minimum absolute atomic E-state index is 0.0331. The molecule has 0 aliphatic carbocycles. The molecule has 168 valence electrons. The summed E-state index contributed by atoms with van der Waals surface area (Å²) in [5.74, 6) is -1.69. The van der Waals surface area contributed by atoms with E-state index in [0.717, 1.165) is 17.2 Å². The standard InChI is InChI=1S/C25H23N3O5/c1-2-3-14-18-22(30)26-25(33)27(23(18)31)15-19-21(29)20(16-10-6-4-7-11-16)28(24(19)32)17-12-8-5-9-13-17/h4-13,15,20,31H,2-3,14H2,1H3,(H,26,30,33)/b19-15-. The number of benzene rings is 2. The maximum Gasteiger partial charge on any atom is 0.335 e. The SMILES string of the molecule is CCCCc1c(O)n(/C=C2/C(=O)C(c3ccccc3)N(c3ccccc3)C2=O)c(=O)[nH]c1=O. The normalized spacial score (nSPS) is 17.2. The highest BCUT2D eigenvalue weighted by Gasteiger charge is 2.45. The van der Waals surface area contributed by atoms with Crippen molar-refractivity contribution < 1.29 is 14.7 Å². The molecule has 2 heterocycles. The van der Waals surface area contributed by atoms with Gasteiger partial charge in [0.2, 0.25) is 5.88 Å². The zero-order valence-electron chi connectivity index (χ0n) is 18.0. The van der Waals surface area contributed by atoms with Gasteiger partial charge in [-0.25, -0.2) is 9.36 Å². The molecular formula is C25H23N3O5. The number of aromatic amines is 1. The largest absolute Gasteiger partial charge is 0.494 e. The van der Waals surface area contributed by atoms with E-state index in [2.05, 4.69) is 4.98 Å². The van der Waals surface area contributed by atoms with Crippen LogP contribution in [0.25, 0.3) is 6.20 Å². The number of amides is 1. The van der Waals surface area contributed by atoms with Gasteiger partial charge in [0.25, 0.3) is 11.5 Å². The summed E-state index contributed by atoms with van der Waals surface area (Å²) in [5.41, 5.74) is -0.707. The molecule has 1 aliphatic rings. The molecule has 33 heavy (non-hydrogen) atoms. The molecule has 0 spiro atoms. The Bertz CT molecular complexity index is 1280. The van der Waals surface area contributed by atoms with E-state index in [-0.39, 0.29) is 17.6 Å². The number of Topliss-reactive ketones (excluding diaryl/α,β-unsaturated/α-hetero) is 1. The number of rotatable bonds is 6. The van der Waals surface area contributed by atoms with Gasteiger partial charge in [0, 0.05) is 11.9 Å². The van der Waals surface area contributed by atoms with Gasteiger partial charge in [-0.1, -0.05) is 61.9 Å². The first-order chi connectivity index (χ1) is 15.9. The molecule has 4 rings (SSSR count). The fourth-order valence-corrected chi connectivity index (χ4v) is 3.93. The summed E-state index contributed by atoms with van der Waals surface area (Å²) in [6.07, 6.45) is 2.68. The van der Waals surface area contributed by atoms with Crippen molar-refractivity contribution in [1.29, 1.82) is 0 Å². The molecule has 2 aromatic carbocycles. The van der Waals surface area contributed by atoms with E-state index in [1.165, 1.54) is 4.90 Å². The molecule has 1 aliphatic heterocycles. The van der Waals surface area contributed by atoms with Crippen LogP contribution >= 0.6 is 0 Å². The van der Waals surface area contributed by atoms with Crippen LogP contribution in [0.4, 0.5) is 5.69 Å². The van der Waals surface area contributed by atoms with Crippen LogP contribution in [0.5, 0.6) is 5.88 Å². The number of carbonyl (C=O) groups is 2. The highest BCUT2D eigenvalue weighted by molar-refractivity contribution is 6.35. The number of nitrogens with one attached hydrogen (secondary N) is 1. The molecule has 1 amide bonds. The first kappa shape index (κ1) is 22.0. The average Bonchev–Trinajstić information content (AvgIpc) is 3.07. The Morgan fingerprint density at radius 3 is 2.24 bits per heavy atom. The van der Waals surface area contributed by atoms with Crippen LogP contribution in [0.15, 0.2) is 75.8 Å². The number of unbranched alkanes of at least 4 members (excludes halogenated alkanes) is 1. The van der Waals surface area contributed by atoms with Crippen LogP contribution < -0.4 is 16.1 Å². The number of anilines is 1. The van der Waals surface area contributed by atoms with Gasteiger partial charge in [0.1, 0.15) is 11.6 Å². The van der Waals surface area contributed by atoms with Crippen LogP contribution in [0, 0.1) is 0 Å². The zero-order chi connectivity index (χ0) is 23.5. The molecule has 1 atom stereocenters. The second kappa shape index (κ2) is 9.12. The lowest BCUT2D eigenvalue weighted by molar-refractivity contribution is -0.116. The molecule has 1 unspecified atom stereocenters. The zero-order valence-corrected chi connectivity index (χ0v) is 18.0. The van der Waals surface area contributed by atoms with Gasteiger partial charge in [0.15, 0.2) is 5.78 Å². The van der Waals surface area contributed by atoms with Crippen LogP contribution in [0.3, 0.4) is 0 Å². The number of hydrogen-bond donors (Lipinski definition) is 2. The van der Waals surface area contributed by atoms with Crippen molar-refractivity contribution in [3.05, 3.63) is 98.2 Å². The van der Waals surface area contributed by atoms with Crippen molar-refractivity contribution in [2.24, 2.45) is 0 Å². The number of para-hydroxylation sites is 1. The summed E-state index contributed by atoms with van der Waals surface area (Å²) < 4.78 is 0.758. The number of H-pyrrole nitrogens is 1. The van der Waals surface area contributed by atoms with Gasteiger partial charge in [0.05, 0.1) is 5.56 Å². The minimum Gasteiger partial charge on any atom is -0.494 e. The molecule has 1 fully saturated rings. The van der Waals surface area contributed by atoms with Crippen LogP contribution in [-0.2, 0) is 16.0 Å². The maximum atomic E-state index is 13.5. The Morgan fingerprint density at radius 1 is 0.970 bits per heavy atom. The fourth-order valence-electron chi connectivity index (χ4n) is 3.93. The van der Waals surface area contributed by atoms with Crippen LogP contribution in [-0.4, -0.2) is 26.3 Å². The highest BCUT2D eigenvalue weighted by Crippen LogP contribution is 2.37. The Labute approximate surface area is 189 Å². The molecule has 2 N–H and O–H groups in total. The van der Waals surface area contributed by atoms with Crippen molar-refractivity contribution in [3.8, 4) is 5.88 Å². The van der Waals surface area contributed by atoms with Crippen LogP contribution in [0.1, 0.15) is 36.9 Å². The third-order valence-corrected chi connectivity index (χ3v) is 5.62. The van der Waals surface area contributed by atoms with Gasteiger partial charge < -0.3 is 5.11 Å². The van der Waals surface area contributed by atoms with E-state index in [1.807, 2.05) is 13.0 Å². The molecule has 0 saturated carbocycles. The number of aromatic hydroxyl groups is 1. The quantitative estimate of drug-likeness (QED) is 0.448. The molecule has 0 radical (unpaired) electrons. The lowest BCUT2D eigenvalue weighted by Gasteiger charge is -2.23. The number of hydrogen-bond acceptors (Lipinski definition) is 5. The van der Waals surface area contributed by atoms with Crippen molar-refractivity contribution in [2.75, 3.05) is 4.90 Å². The highest BCUT2D eigenvalue weighted by atomic mass is 16.3. The van der Waals surface area contributed by atoms with Crippen molar-refractivity contribution in [2.45, 2.75) is 32.2 Å². The fraction of sp³-hybridized carbons (Fsp3) is 0.200. The third-order valence-electron chi connectivity index (χ3n) is 5.62. The van der Waals surface area contributed by atoms with Gasteiger partial charge in [-0.05, 0) is 30.5 Å². The predicted molar refractivity (Wildman–Crippen MR) is 124 cm³/mol. The van der Waals surface area contributed by atoms with Gasteiger partial charge in [-0.2, -0.15) is 0 Å². The first-order valence-corrected chi connectivity index (χ1v) is 10.7. The number of ketones is 1. The smallest absolute Gasteiger partial charge is 0.335 e. The van der Waals surface area contributed by atoms with Crippen molar-refractivity contribution in [1.82, 2.24) is 9.55 Å². The predicted octanol–water partition coefficient (Wildman–Crippen LogP) is 2.78. The van der Waals surface area contributed by atoms with Crippen LogP contribution in [0.2, 0.25) is 0 Å². The Hall–Kier alpha value is -4.20. The summed E-state index contributed by atoms with van der Waals surface area (Å²) in [6, 6.07) is 16.7. The topological polar surface area (TPSA) is 112 Å². The molecule has 8 heteroatoms. The van der Waals surface area contributed by atoms with Gasteiger partial charge in [-0.3, -0.25) is 24.3 Å². The van der Waals surface area contributed by atoms with E-state index in [9.17, 15) is 24.3 Å². The first-order valence-electron chi connectivity index (χ1n) is 10.7. The van der Waals surface area contributed by atoms with E-state index in [1.54, 1.807) is 54.6 Å². The summed E-state index contributed by atoms with van der Waals surface area (Å²) >= 11 is 0. The minimum atomic E-state index is -0.930. The monoisotopic (exact) mass is 445 g/mol. The van der Waals surface area contributed by atoms with Gasteiger partial charge >= 0.3 is 5.69 Å². The van der Waals surface area contributed by atoms with E-state index >= 15 is 0 Å². The molecule has 8 nitrogen and oxygen atoms in total. The summed E-state index contributed by atoms with van der Waals surface area (Å²) in [5, 5.41) is 10.6.